The van der Waals surface area contributed by atoms with E-state index in [1.54, 1.807) is 6.20 Å². The van der Waals surface area contributed by atoms with E-state index in [-0.39, 0.29) is 0 Å². The van der Waals surface area contributed by atoms with Gasteiger partial charge in [0, 0.05) is 48.4 Å². The predicted molar refractivity (Wildman–Crippen MR) is 77.4 cm³/mol. The van der Waals surface area contributed by atoms with Gasteiger partial charge in [-0.05, 0) is 39.2 Å². The molecule has 96 valence electrons. The van der Waals surface area contributed by atoms with Gasteiger partial charge in [0.25, 0.3) is 0 Å². The zero-order chi connectivity index (χ0) is 13.0. The second-order valence-electron chi connectivity index (χ2n) is 4.74. The second kappa shape index (κ2) is 6.16. The smallest absolute Gasteiger partial charge is 0.0485 e. The fraction of sp³-hybridized carbons (Fsp3) is 0.357. The minimum absolute atomic E-state index is 0.516. The van der Waals surface area contributed by atoms with Crippen LogP contribution in [0.5, 0.6) is 0 Å². The van der Waals surface area contributed by atoms with Gasteiger partial charge < -0.3 is 9.88 Å². The van der Waals surface area contributed by atoms with Gasteiger partial charge in [-0.15, -0.1) is 0 Å². The van der Waals surface area contributed by atoms with E-state index in [4.69, 9.17) is 0 Å². The summed E-state index contributed by atoms with van der Waals surface area (Å²) < 4.78 is 3.20. The van der Waals surface area contributed by atoms with Gasteiger partial charge in [-0.3, -0.25) is 4.98 Å². The Kier molecular flexibility index (Phi) is 4.55. The maximum Gasteiger partial charge on any atom is 0.0485 e. The Balaban J connectivity index is 1.98. The quantitative estimate of drug-likeness (QED) is 0.919. The van der Waals surface area contributed by atoms with Gasteiger partial charge in [-0.2, -0.15) is 0 Å². The number of nitrogens with one attached hydrogen (secondary N) is 1. The highest BCUT2D eigenvalue weighted by atomic mass is 79.9. The van der Waals surface area contributed by atoms with Crippen LogP contribution in [-0.4, -0.2) is 15.6 Å². The molecule has 0 atom stereocenters. The molecule has 0 aliphatic heterocycles. The van der Waals surface area contributed by atoms with Crippen molar-refractivity contribution in [3.05, 3.63) is 52.5 Å². The Bertz CT molecular complexity index is 505. The van der Waals surface area contributed by atoms with Crippen LogP contribution in [0.25, 0.3) is 0 Å². The van der Waals surface area contributed by atoms with E-state index in [0.29, 0.717) is 6.04 Å². The number of hydrogen-bond acceptors (Lipinski definition) is 2. The molecule has 0 saturated heterocycles. The molecule has 0 spiro atoms. The van der Waals surface area contributed by atoms with Crippen LogP contribution in [0.2, 0.25) is 0 Å². The lowest BCUT2D eigenvalue weighted by molar-refractivity contribution is 0.588. The molecule has 0 radical (unpaired) electrons. The zero-order valence-corrected chi connectivity index (χ0v) is 12.3. The van der Waals surface area contributed by atoms with Gasteiger partial charge in [-0.25, -0.2) is 0 Å². The molecule has 4 heteroatoms. The van der Waals surface area contributed by atoms with Crippen LogP contribution in [0.15, 0.2) is 41.4 Å². The fourth-order valence-corrected chi connectivity index (χ4v) is 2.18. The van der Waals surface area contributed by atoms with Crippen LogP contribution < -0.4 is 5.32 Å². The molecule has 0 aliphatic rings. The third-order valence-corrected chi connectivity index (χ3v) is 3.09. The lowest BCUT2D eigenvalue weighted by atomic mass is 10.3. The number of hydrogen-bond donors (Lipinski definition) is 1. The molecule has 3 nitrogen and oxygen atoms in total. The van der Waals surface area contributed by atoms with E-state index in [2.05, 4.69) is 69.2 Å². The molecule has 18 heavy (non-hydrogen) atoms. The molecular weight excluding hydrogens is 290 g/mol. The minimum atomic E-state index is 0.516. The molecule has 0 fully saturated rings. The first-order chi connectivity index (χ1) is 8.63. The summed E-state index contributed by atoms with van der Waals surface area (Å²) in [5.41, 5.74) is 2.51. The van der Waals surface area contributed by atoms with E-state index < -0.39 is 0 Å². The lowest BCUT2D eigenvalue weighted by Crippen LogP contribution is -2.21. The predicted octanol–water partition coefficient (Wildman–Crippen LogP) is 3.19. The summed E-state index contributed by atoms with van der Waals surface area (Å²) in [4.78, 5) is 4.17. The monoisotopic (exact) mass is 307 g/mol. The molecular formula is C14H18BrN3. The van der Waals surface area contributed by atoms with Crippen molar-refractivity contribution in [3.63, 3.8) is 0 Å². The van der Waals surface area contributed by atoms with Gasteiger partial charge >= 0.3 is 0 Å². The van der Waals surface area contributed by atoms with E-state index in [1.807, 2.05) is 6.20 Å². The SMILES string of the molecule is CC(C)NCc1ccn(Cc2cncc(Br)c2)c1. The van der Waals surface area contributed by atoms with Crippen molar-refractivity contribution in [2.75, 3.05) is 0 Å². The van der Waals surface area contributed by atoms with Crippen LogP contribution >= 0.6 is 15.9 Å². The van der Waals surface area contributed by atoms with Gasteiger partial charge in [0.1, 0.15) is 0 Å². The Morgan fingerprint density at radius 3 is 2.89 bits per heavy atom. The average molecular weight is 308 g/mol. The van der Waals surface area contributed by atoms with E-state index in [9.17, 15) is 0 Å². The third-order valence-electron chi connectivity index (χ3n) is 2.65. The van der Waals surface area contributed by atoms with Crippen molar-refractivity contribution in [1.82, 2.24) is 14.9 Å². The van der Waals surface area contributed by atoms with Crippen LogP contribution in [0.4, 0.5) is 0 Å². The van der Waals surface area contributed by atoms with E-state index in [0.717, 1.165) is 17.6 Å². The zero-order valence-electron chi connectivity index (χ0n) is 10.7. The molecule has 2 aromatic rings. The summed E-state index contributed by atoms with van der Waals surface area (Å²) in [6.07, 6.45) is 7.99. The van der Waals surface area contributed by atoms with Gasteiger partial charge in [0.15, 0.2) is 0 Å². The van der Waals surface area contributed by atoms with Crippen molar-refractivity contribution in [3.8, 4) is 0 Å². The van der Waals surface area contributed by atoms with E-state index >= 15 is 0 Å². The first-order valence-corrected chi connectivity index (χ1v) is 6.90. The summed E-state index contributed by atoms with van der Waals surface area (Å²) in [6.45, 7) is 6.09. The highest BCUT2D eigenvalue weighted by molar-refractivity contribution is 9.10. The first-order valence-electron chi connectivity index (χ1n) is 6.11. The highest BCUT2D eigenvalue weighted by Gasteiger charge is 2.00. The standard InChI is InChI=1S/C14H18BrN3/c1-11(2)17-7-12-3-4-18(9-12)10-13-5-14(15)8-16-6-13/h3-6,8-9,11,17H,7,10H2,1-2H3. The van der Waals surface area contributed by atoms with Crippen molar-refractivity contribution in [1.29, 1.82) is 0 Å². The minimum Gasteiger partial charge on any atom is -0.350 e. The van der Waals surface area contributed by atoms with Crippen LogP contribution in [-0.2, 0) is 13.1 Å². The molecule has 0 bridgehead atoms. The number of pyridine rings is 1. The molecule has 0 aromatic carbocycles. The fourth-order valence-electron chi connectivity index (χ4n) is 1.77. The van der Waals surface area contributed by atoms with Crippen molar-refractivity contribution >= 4 is 15.9 Å². The van der Waals surface area contributed by atoms with Gasteiger partial charge in [0.05, 0.1) is 0 Å². The molecule has 0 unspecified atom stereocenters. The Hall–Kier alpha value is -1.13. The molecule has 0 amide bonds. The summed E-state index contributed by atoms with van der Waals surface area (Å²) in [5, 5.41) is 3.41. The summed E-state index contributed by atoms with van der Waals surface area (Å²) in [5.74, 6) is 0. The molecule has 2 aromatic heterocycles. The second-order valence-corrected chi connectivity index (χ2v) is 5.65. The van der Waals surface area contributed by atoms with Crippen LogP contribution in [0, 0.1) is 0 Å². The number of nitrogens with zero attached hydrogens (tertiary/aromatic N) is 2. The lowest BCUT2D eigenvalue weighted by Gasteiger charge is -2.06. The van der Waals surface area contributed by atoms with Crippen molar-refractivity contribution in [2.24, 2.45) is 0 Å². The topological polar surface area (TPSA) is 29.9 Å². The highest BCUT2D eigenvalue weighted by Crippen LogP contribution is 2.11. The maximum atomic E-state index is 4.17. The summed E-state index contributed by atoms with van der Waals surface area (Å²) >= 11 is 3.44. The number of halogens is 1. The number of rotatable bonds is 5. The molecule has 1 N–H and O–H groups in total. The van der Waals surface area contributed by atoms with Crippen LogP contribution in [0.1, 0.15) is 25.0 Å². The van der Waals surface area contributed by atoms with E-state index in [1.165, 1.54) is 11.1 Å². The molecule has 0 saturated carbocycles. The largest absolute Gasteiger partial charge is 0.350 e. The van der Waals surface area contributed by atoms with Crippen molar-refractivity contribution in [2.45, 2.75) is 33.0 Å². The Morgan fingerprint density at radius 1 is 1.33 bits per heavy atom. The van der Waals surface area contributed by atoms with Gasteiger partial charge in [-0.1, -0.05) is 13.8 Å². The summed E-state index contributed by atoms with van der Waals surface area (Å²) in [7, 11) is 0. The number of aromatic nitrogens is 2. The third kappa shape index (κ3) is 3.96. The first kappa shape index (κ1) is 13.3. The van der Waals surface area contributed by atoms with Crippen molar-refractivity contribution < 1.29 is 0 Å². The Morgan fingerprint density at radius 2 is 2.17 bits per heavy atom. The normalized spacial score (nSPS) is 11.1. The maximum absolute atomic E-state index is 4.17. The van der Waals surface area contributed by atoms with Crippen LogP contribution in [0.3, 0.4) is 0 Å². The Labute approximate surface area is 116 Å². The van der Waals surface area contributed by atoms with Gasteiger partial charge in [0.2, 0.25) is 0 Å². The molecule has 2 heterocycles. The molecule has 2 rings (SSSR count). The summed E-state index contributed by atoms with van der Waals surface area (Å²) in [6, 6.07) is 4.77. The molecule has 0 aliphatic carbocycles. The average Bonchev–Trinajstić information content (AvgIpc) is 2.74.